The lowest BCUT2D eigenvalue weighted by Crippen LogP contribution is -2.20. The van der Waals surface area contributed by atoms with Crippen molar-refractivity contribution in [3.05, 3.63) is 0 Å². The topological polar surface area (TPSA) is 40.5 Å². The Morgan fingerprint density at radius 3 is 0.679 bits per heavy atom. The van der Waals surface area contributed by atoms with Gasteiger partial charge in [-0.15, -0.1) is 0 Å². The monoisotopic (exact) mass is 791 g/mol. The molecule has 2 nitrogen and oxygen atoms in total. The molecule has 0 aromatic heterocycles. The number of hydrogen-bond acceptors (Lipinski definition) is 2. The molecule has 338 valence electrons. The number of aliphatic hydroxyl groups excluding tert-OH is 2. The summed E-state index contributed by atoms with van der Waals surface area (Å²) in [5, 5.41) is 21.2. The van der Waals surface area contributed by atoms with E-state index < -0.39 is 0 Å². The first kappa shape index (κ1) is 55.9. The van der Waals surface area contributed by atoms with Gasteiger partial charge in [0.2, 0.25) is 0 Å². The molecular weight excluding hydrogens is 681 g/mol. The van der Waals surface area contributed by atoms with Crippen molar-refractivity contribution < 1.29 is 10.2 Å². The summed E-state index contributed by atoms with van der Waals surface area (Å²) in [5.41, 5.74) is 0. The van der Waals surface area contributed by atoms with Crippen LogP contribution in [0.4, 0.5) is 0 Å². The lowest BCUT2D eigenvalue weighted by atomic mass is 9.87. The van der Waals surface area contributed by atoms with E-state index in [0.29, 0.717) is 18.4 Å². The van der Waals surface area contributed by atoms with Crippen molar-refractivity contribution in [2.45, 2.75) is 329 Å². The van der Waals surface area contributed by atoms with Crippen molar-refractivity contribution in [1.29, 1.82) is 0 Å². The summed E-state index contributed by atoms with van der Waals surface area (Å²) in [4.78, 5) is 0. The van der Waals surface area contributed by atoms with E-state index >= 15 is 0 Å². The average Bonchev–Trinajstić information content (AvgIpc) is 3.21. The summed E-state index contributed by atoms with van der Waals surface area (Å²) < 4.78 is 0. The largest absolute Gasteiger partial charge is 0.396 e. The highest BCUT2D eigenvalue weighted by atomic mass is 16.3. The molecule has 0 aliphatic rings. The molecule has 0 saturated carbocycles. The molecule has 2 heteroatoms. The maximum Gasteiger partial charge on any atom is 0.0568 e. The SMILES string of the molecule is CCCCCCCCCCCCCCC(CCCCCCCCCCCC)C(O)CCCCCCCCCCCCC(CO)CCCCCCCCCCCC. The number of hydrogen-bond donors (Lipinski definition) is 2. The Kier molecular flexibility index (Phi) is 49.2. The maximum absolute atomic E-state index is 11.3. The smallest absolute Gasteiger partial charge is 0.0568 e. The van der Waals surface area contributed by atoms with E-state index in [0.717, 1.165) is 6.42 Å². The molecule has 0 fully saturated rings. The molecule has 0 aromatic rings. The Balaban J connectivity index is 3.99. The van der Waals surface area contributed by atoms with Crippen LogP contribution in [0.5, 0.6) is 0 Å². The predicted molar refractivity (Wildman–Crippen MR) is 254 cm³/mol. The number of rotatable bonds is 50. The molecule has 2 N–H and O–H groups in total. The van der Waals surface area contributed by atoms with Gasteiger partial charge < -0.3 is 10.2 Å². The van der Waals surface area contributed by atoms with Gasteiger partial charge in [-0.05, 0) is 43.9 Å². The van der Waals surface area contributed by atoms with Gasteiger partial charge in [-0.25, -0.2) is 0 Å². The van der Waals surface area contributed by atoms with Gasteiger partial charge in [0, 0.05) is 6.61 Å². The molecule has 0 amide bonds. The molecule has 0 aliphatic heterocycles. The predicted octanol–water partition coefficient (Wildman–Crippen LogP) is 19.0. The van der Waals surface area contributed by atoms with Crippen LogP contribution in [0.2, 0.25) is 0 Å². The molecule has 56 heavy (non-hydrogen) atoms. The van der Waals surface area contributed by atoms with Crippen molar-refractivity contribution >= 4 is 0 Å². The highest BCUT2D eigenvalue weighted by molar-refractivity contribution is 4.70. The van der Waals surface area contributed by atoms with Gasteiger partial charge in [0.1, 0.15) is 0 Å². The minimum Gasteiger partial charge on any atom is -0.396 e. The zero-order chi connectivity index (χ0) is 40.7. The first-order chi connectivity index (χ1) is 27.7. The lowest BCUT2D eigenvalue weighted by molar-refractivity contribution is 0.0829. The Labute approximate surface area is 356 Å². The Morgan fingerprint density at radius 2 is 0.446 bits per heavy atom. The summed E-state index contributed by atoms with van der Waals surface area (Å²) in [6.07, 6.45) is 64.4. The van der Waals surface area contributed by atoms with Crippen molar-refractivity contribution in [1.82, 2.24) is 0 Å². The molecule has 3 unspecified atom stereocenters. The number of aliphatic hydroxyl groups is 2. The Morgan fingerprint density at radius 1 is 0.250 bits per heavy atom. The van der Waals surface area contributed by atoms with Crippen LogP contribution in [-0.2, 0) is 0 Å². The van der Waals surface area contributed by atoms with Gasteiger partial charge in [-0.1, -0.05) is 290 Å². The second-order valence-electron chi connectivity index (χ2n) is 19.1. The highest BCUT2D eigenvalue weighted by Gasteiger charge is 2.18. The van der Waals surface area contributed by atoms with Crippen LogP contribution in [0.3, 0.4) is 0 Å². The fraction of sp³-hybridized carbons (Fsp3) is 1.00. The molecule has 0 rings (SSSR count). The zero-order valence-corrected chi connectivity index (χ0v) is 39.6. The molecule has 0 radical (unpaired) electrons. The second-order valence-corrected chi connectivity index (χ2v) is 19.1. The summed E-state index contributed by atoms with van der Waals surface area (Å²) in [7, 11) is 0. The molecule has 0 heterocycles. The van der Waals surface area contributed by atoms with E-state index in [2.05, 4.69) is 20.8 Å². The van der Waals surface area contributed by atoms with Crippen LogP contribution in [0.25, 0.3) is 0 Å². The Hall–Kier alpha value is -0.0800. The van der Waals surface area contributed by atoms with E-state index in [4.69, 9.17) is 0 Å². The Bertz CT molecular complexity index is 677. The van der Waals surface area contributed by atoms with Crippen LogP contribution in [-0.4, -0.2) is 22.9 Å². The maximum atomic E-state index is 11.3. The van der Waals surface area contributed by atoms with Crippen LogP contribution in [0.1, 0.15) is 323 Å². The van der Waals surface area contributed by atoms with Crippen molar-refractivity contribution in [2.75, 3.05) is 6.61 Å². The van der Waals surface area contributed by atoms with Gasteiger partial charge >= 0.3 is 0 Å². The van der Waals surface area contributed by atoms with E-state index in [1.54, 1.807) is 0 Å². The molecule has 0 aromatic carbocycles. The summed E-state index contributed by atoms with van der Waals surface area (Å²) in [6, 6.07) is 0. The molecule has 3 atom stereocenters. The average molecular weight is 791 g/mol. The summed E-state index contributed by atoms with van der Waals surface area (Å²) >= 11 is 0. The van der Waals surface area contributed by atoms with Crippen LogP contribution in [0, 0.1) is 11.8 Å². The van der Waals surface area contributed by atoms with Crippen LogP contribution in [0.15, 0.2) is 0 Å². The molecule has 0 saturated heterocycles. The molecule has 0 spiro atoms. The normalized spacial score (nSPS) is 13.4. The first-order valence-electron chi connectivity index (χ1n) is 27.0. The van der Waals surface area contributed by atoms with Crippen molar-refractivity contribution in [3.8, 4) is 0 Å². The van der Waals surface area contributed by atoms with Gasteiger partial charge in [-0.2, -0.15) is 0 Å². The van der Waals surface area contributed by atoms with Gasteiger partial charge in [0.05, 0.1) is 6.10 Å². The van der Waals surface area contributed by atoms with E-state index in [9.17, 15) is 10.2 Å². The third kappa shape index (κ3) is 43.5. The second kappa shape index (κ2) is 49.3. The number of unbranched alkanes of at least 4 members (excludes halogenated alkanes) is 38. The third-order valence-corrected chi connectivity index (χ3v) is 13.5. The third-order valence-electron chi connectivity index (χ3n) is 13.5. The lowest BCUT2D eigenvalue weighted by Gasteiger charge is -2.23. The first-order valence-corrected chi connectivity index (χ1v) is 27.0. The van der Waals surface area contributed by atoms with Crippen LogP contribution < -0.4 is 0 Å². The van der Waals surface area contributed by atoms with Crippen LogP contribution >= 0.6 is 0 Å². The van der Waals surface area contributed by atoms with Gasteiger partial charge in [0.25, 0.3) is 0 Å². The minimum absolute atomic E-state index is 0.0680. The van der Waals surface area contributed by atoms with Gasteiger partial charge in [0.15, 0.2) is 0 Å². The molecule has 0 bridgehead atoms. The molecular formula is C54H110O2. The summed E-state index contributed by atoms with van der Waals surface area (Å²) in [5.74, 6) is 1.09. The van der Waals surface area contributed by atoms with E-state index in [1.807, 2.05) is 0 Å². The highest BCUT2D eigenvalue weighted by Crippen LogP contribution is 2.26. The molecule has 0 aliphatic carbocycles. The van der Waals surface area contributed by atoms with Gasteiger partial charge in [-0.3, -0.25) is 0 Å². The fourth-order valence-corrected chi connectivity index (χ4v) is 9.35. The zero-order valence-electron chi connectivity index (χ0n) is 39.6. The van der Waals surface area contributed by atoms with E-state index in [-0.39, 0.29) is 6.10 Å². The standard InChI is InChI=1S/C54H110O2/c1-4-7-10-13-16-19-22-23-29-34-39-44-49-53(48-43-38-33-28-21-18-15-12-9-6-3)54(56)50-45-40-35-30-25-24-27-32-37-42-47-52(51-55)46-41-36-31-26-20-17-14-11-8-5-2/h52-56H,4-51H2,1-3H3. The summed E-state index contributed by atoms with van der Waals surface area (Å²) in [6.45, 7) is 7.31. The fourth-order valence-electron chi connectivity index (χ4n) is 9.35. The quantitative estimate of drug-likeness (QED) is 0.0603. The van der Waals surface area contributed by atoms with E-state index in [1.165, 1.54) is 295 Å². The minimum atomic E-state index is -0.0680. The van der Waals surface area contributed by atoms with Crippen molar-refractivity contribution in [2.24, 2.45) is 11.8 Å². The van der Waals surface area contributed by atoms with Crippen molar-refractivity contribution in [3.63, 3.8) is 0 Å².